The zero-order chi connectivity index (χ0) is 14.2. The number of hydrogen-bond donors (Lipinski definition) is 1. The third kappa shape index (κ3) is 1.95. The van der Waals surface area contributed by atoms with Gasteiger partial charge < -0.3 is 9.84 Å². The summed E-state index contributed by atoms with van der Waals surface area (Å²) in [7, 11) is 0. The molecule has 3 heteroatoms. The molecule has 0 saturated heterocycles. The van der Waals surface area contributed by atoms with Crippen LogP contribution in [0, 0.1) is 11.3 Å². The van der Waals surface area contributed by atoms with Gasteiger partial charge in [-0.05, 0) is 30.2 Å². The van der Waals surface area contributed by atoms with E-state index in [-0.39, 0.29) is 0 Å². The number of benzene rings is 2. The number of para-hydroxylation sites is 1. The normalized spacial score (nSPS) is 15.8. The second-order valence-corrected chi connectivity index (χ2v) is 5.16. The van der Waals surface area contributed by atoms with Gasteiger partial charge in [-0.15, -0.1) is 0 Å². The molecule has 0 fully saturated rings. The Labute approximate surface area is 118 Å². The average molecular weight is 265 g/mol. The molecule has 0 saturated carbocycles. The minimum Gasteiger partial charge on any atom is -0.493 e. The van der Waals surface area contributed by atoms with Crippen molar-refractivity contribution in [2.24, 2.45) is 0 Å². The highest BCUT2D eigenvalue weighted by Gasteiger charge is 2.31. The van der Waals surface area contributed by atoms with Gasteiger partial charge in [-0.1, -0.05) is 30.3 Å². The van der Waals surface area contributed by atoms with E-state index < -0.39 is 5.60 Å². The predicted octanol–water partition coefficient (Wildman–Crippen LogP) is 2.75. The first kappa shape index (κ1) is 12.7. The van der Waals surface area contributed by atoms with Crippen LogP contribution in [-0.4, -0.2) is 11.7 Å². The van der Waals surface area contributed by atoms with Crippen molar-refractivity contribution >= 4 is 0 Å². The second-order valence-electron chi connectivity index (χ2n) is 5.16. The molecule has 20 heavy (non-hydrogen) atoms. The van der Waals surface area contributed by atoms with Crippen LogP contribution < -0.4 is 4.74 Å². The Hall–Kier alpha value is -2.31. The fraction of sp³-hybridized carbons (Fsp3) is 0.235. The monoisotopic (exact) mass is 265 g/mol. The standard InChI is InChI=1S/C17H15NO2/c1-17(19,14-6-2-4-12(10-14)11-18)15-7-3-5-13-8-9-20-16(13)15/h2-7,10,19H,8-9H2,1H3. The smallest absolute Gasteiger partial charge is 0.129 e. The van der Waals surface area contributed by atoms with E-state index in [9.17, 15) is 5.11 Å². The van der Waals surface area contributed by atoms with Crippen LogP contribution in [0.4, 0.5) is 0 Å². The van der Waals surface area contributed by atoms with Crippen molar-refractivity contribution in [2.75, 3.05) is 6.61 Å². The van der Waals surface area contributed by atoms with Gasteiger partial charge in [0.1, 0.15) is 11.4 Å². The molecule has 1 aliphatic heterocycles. The summed E-state index contributed by atoms with van der Waals surface area (Å²) < 4.78 is 5.67. The molecule has 0 aliphatic carbocycles. The van der Waals surface area contributed by atoms with Crippen LogP contribution in [0.5, 0.6) is 5.75 Å². The number of aliphatic hydroxyl groups is 1. The van der Waals surface area contributed by atoms with Crippen LogP contribution in [0.2, 0.25) is 0 Å². The SMILES string of the molecule is CC(O)(c1cccc(C#N)c1)c1cccc2c1OCC2. The maximum atomic E-state index is 11.0. The third-order valence-electron chi connectivity index (χ3n) is 3.79. The van der Waals surface area contributed by atoms with E-state index in [0.29, 0.717) is 17.7 Å². The quantitative estimate of drug-likeness (QED) is 0.908. The summed E-state index contributed by atoms with van der Waals surface area (Å²) in [5.74, 6) is 0.778. The highest BCUT2D eigenvalue weighted by Crippen LogP contribution is 2.39. The molecule has 0 aromatic heterocycles. The summed E-state index contributed by atoms with van der Waals surface area (Å²) in [6, 6.07) is 15.0. The molecule has 0 bridgehead atoms. The zero-order valence-electron chi connectivity index (χ0n) is 11.3. The van der Waals surface area contributed by atoms with Gasteiger partial charge in [0.15, 0.2) is 0 Å². The number of ether oxygens (including phenoxy) is 1. The number of fused-ring (bicyclic) bond motifs is 1. The van der Waals surface area contributed by atoms with E-state index in [1.807, 2.05) is 24.3 Å². The third-order valence-corrected chi connectivity index (χ3v) is 3.79. The number of hydrogen-bond acceptors (Lipinski definition) is 3. The van der Waals surface area contributed by atoms with E-state index in [4.69, 9.17) is 10.00 Å². The van der Waals surface area contributed by atoms with Crippen molar-refractivity contribution in [3.8, 4) is 11.8 Å². The Morgan fingerprint density at radius 1 is 1.25 bits per heavy atom. The fourth-order valence-corrected chi connectivity index (χ4v) is 2.65. The van der Waals surface area contributed by atoms with Gasteiger partial charge in [0.25, 0.3) is 0 Å². The highest BCUT2D eigenvalue weighted by atomic mass is 16.5. The number of nitrogens with zero attached hydrogens (tertiary/aromatic N) is 1. The first-order valence-electron chi connectivity index (χ1n) is 6.61. The summed E-state index contributed by atoms with van der Waals surface area (Å²) in [5, 5.41) is 19.9. The summed E-state index contributed by atoms with van der Waals surface area (Å²) in [6.45, 7) is 2.39. The number of nitriles is 1. The van der Waals surface area contributed by atoms with E-state index in [2.05, 4.69) is 6.07 Å². The van der Waals surface area contributed by atoms with Crippen LogP contribution in [0.15, 0.2) is 42.5 Å². The van der Waals surface area contributed by atoms with Crippen molar-refractivity contribution in [3.63, 3.8) is 0 Å². The molecule has 0 spiro atoms. The molecule has 0 amide bonds. The average Bonchev–Trinajstić information content (AvgIpc) is 2.95. The molecule has 3 nitrogen and oxygen atoms in total. The van der Waals surface area contributed by atoms with E-state index >= 15 is 0 Å². The Morgan fingerprint density at radius 3 is 2.85 bits per heavy atom. The molecular formula is C17H15NO2. The van der Waals surface area contributed by atoms with Crippen LogP contribution in [0.1, 0.15) is 29.2 Å². The van der Waals surface area contributed by atoms with Crippen LogP contribution in [0.25, 0.3) is 0 Å². The predicted molar refractivity (Wildman–Crippen MR) is 75.5 cm³/mol. The van der Waals surface area contributed by atoms with Crippen LogP contribution >= 0.6 is 0 Å². The summed E-state index contributed by atoms with van der Waals surface area (Å²) in [5.41, 5.74) is 1.93. The molecule has 1 aliphatic rings. The van der Waals surface area contributed by atoms with E-state index in [1.54, 1.807) is 25.1 Å². The Morgan fingerprint density at radius 2 is 2.05 bits per heavy atom. The topological polar surface area (TPSA) is 53.2 Å². The summed E-state index contributed by atoms with van der Waals surface area (Å²) in [6.07, 6.45) is 0.873. The van der Waals surface area contributed by atoms with Gasteiger partial charge in [0, 0.05) is 12.0 Å². The molecule has 2 aromatic rings. The Kier molecular flexibility index (Phi) is 2.96. The maximum absolute atomic E-state index is 11.0. The zero-order valence-corrected chi connectivity index (χ0v) is 11.3. The van der Waals surface area contributed by atoms with Gasteiger partial charge in [-0.25, -0.2) is 0 Å². The minimum absolute atomic E-state index is 0.538. The molecule has 1 atom stereocenters. The van der Waals surface area contributed by atoms with Crippen molar-refractivity contribution in [3.05, 3.63) is 64.7 Å². The second kappa shape index (κ2) is 4.66. The lowest BCUT2D eigenvalue weighted by atomic mass is 9.86. The number of rotatable bonds is 2. The van der Waals surface area contributed by atoms with E-state index in [0.717, 1.165) is 23.3 Å². The largest absolute Gasteiger partial charge is 0.493 e. The molecule has 1 heterocycles. The molecule has 2 aromatic carbocycles. The van der Waals surface area contributed by atoms with Gasteiger partial charge >= 0.3 is 0 Å². The van der Waals surface area contributed by atoms with Gasteiger partial charge in [-0.2, -0.15) is 5.26 Å². The Balaban J connectivity index is 2.13. The summed E-state index contributed by atoms with van der Waals surface area (Å²) >= 11 is 0. The fourth-order valence-electron chi connectivity index (χ4n) is 2.65. The first-order valence-corrected chi connectivity index (χ1v) is 6.61. The molecule has 3 rings (SSSR count). The maximum Gasteiger partial charge on any atom is 0.129 e. The highest BCUT2D eigenvalue weighted by molar-refractivity contribution is 5.51. The lowest BCUT2D eigenvalue weighted by Crippen LogP contribution is -2.23. The lowest BCUT2D eigenvalue weighted by molar-refractivity contribution is 0.0987. The van der Waals surface area contributed by atoms with Gasteiger partial charge in [0.2, 0.25) is 0 Å². The van der Waals surface area contributed by atoms with Crippen molar-refractivity contribution < 1.29 is 9.84 Å². The first-order chi connectivity index (χ1) is 9.63. The molecule has 100 valence electrons. The van der Waals surface area contributed by atoms with Crippen molar-refractivity contribution in [2.45, 2.75) is 18.9 Å². The Bertz CT molecular complexity index is 698. The molecule has 1 unspecified atom stereocenters. The minimum atomic E-state index is -1.18. The van der Waals surface area contributed by atoms with Crippen molar-refractivity contribution in [1.29, 1.82) is 5.26 Å². The van der Waals surface area contributed by atoms with Crippen molar-refractivity contribution in [1.82, 2.24) is 0 Å². The van der Waals surface area contributed by atoms with Crippen LogP contribution in [0.3, 0.4) is 0 Å². The van der Waals surface area contributed by atoms with Gasteiger partial charge in [0.05, 0.1) is 18.2 Å². The van der Waals surface area contributed by atoms with Gasteiger partial charge in [-0.3, -0.25) is 0 Å². The molecular weight excluding hydrogens is 250 g/mol. The lowest BCUT2D eigenvalue weighted by Gasteiger charge is -2.26. The molecule has 1 N–H and O–H groups in total. The summed E-state index contributed by atoms with van der Waals surface area (Å²) in [4.78, 5) is 0. The molecule has 0 radical (unpaired) electrons. The van der Waals surface area contributed by atoms with Crippen LogP contribution in [-0.2, 0) is 12.0 Å². The van der Waals surface area contributed by atoms with E-state index in [1.165, 1.54) is 0 Å².